The van der Waals surface area contributed by atoms with E-state index in [4.69, 9.17) is 0 Å². The molecule has 6 nitrogen and oxygen atoms in total. The first-order valence-electron chi connectivity index (χ1n) is 11.0. The number of likely N-dealkylation sites (tertiary alicyclic amines) is 1. The van der Waals surface area contributed by atoms with Crippen molar-refractivity contribution in [2.75, 3.05) is 23.7 Å². The molecule has 1 saturated heterocycles. The van der Waals surface area contributed by atoms with Gasteiger partial charge in [0, 0.05) is 33.9 Å². The number of carbonyl (C=O) groups excluding carboxylic acids is 2. The number of fused-ring (bicyclic) bond motifs is 1. The van der Waals surface area contributed by atoms with E-state index in [0.717, 1.165) is 21.3 Å². The van der Waals surface area contributed by atoms with Gasteiger partial charge in [-0.2, -0.15) is 0 Å². The number of rotatable bonds is 5. The first kappa shape index (κ1) is 22.0. The molecule has 1 aliphatic heterocycles. The molecule has 1 atom stereocenters. The number of para-hydroxylation sites is 1. The first-order valence-corrected chi connectivity index (χ1v) is 11.9. The quantitative estimate of drug-likeness (QED) is 0.384. The molecule has 34 heavy (non-hydrogen) atoms. The number of aromatic nitrogens is 1. The molecule has 8 heteroatoms. The molecule has 4 aromatic rings. The molecule has 1 unspecified atom stereocenters. The molecule has 2 aromatic carbocycles. The third kappa shape index (κ3) is 4.36. The molecule has 2 N–H and O–H groups in total. The zero-order chi connectivity index (χ0) is 23.7. The van der Waals surface area contributed by atoms with E-state index in [0.29, 0.717) is 35.6 Å². The van der Waals surface area contributed by atoms with Gasteiger partial charge in [0.15, 0.2) is 5.82 Å². The Morgan fingerprint density at radius 1 is 1.12 bits per heavy atom. The molecule has 2 aromatic heterocycles. The van der Waals surface area contributed by atoms with Gasteiger partial charge >= 0.3 is 0 Å². The number of amides is 2. The van der Waals surface area contributed by atoms with Crippen molar-refractivity contribution in [3.05, 3.63) is 82.9 Å². The van der Waals surface area contributed by atoms with Gasteiger partial charge in [-0.25, -0.2) is 9.37 Å². The SMILES string of the molecule is Cc1ccccc1Nc1ncc(C(=O)N2CCC(F)C2)cc1NC(=O)c1csc2ccccc12. The van der Waals surface area contributed by atoms with Crippen molar-refractivity contribution >= 4 is 50.4 Å². The number of pyridine rings is 1. The number of nitrogens with zero attached hydrogens (tertiary/aromatic N) is 2. The van der Waals surface area contributed by atoms with Gasteiger partial charge in [-0.3, -0.25) is 9.59 Å². The average Bonchev–Trinajstić information content (AvgIpc) is 3.47. The van der Waals surface area contributed by atoms with Gasteiger partial charge in [0.2, 0.25) is 0 Å². The number of hydrogen-bond donors (Lipinski definition) is 2. The van der Waals surface area contributed by atoms with Crippen molar-refractivity contribution in [3.63, 3.8) is 0 Å². The van der Waals surface area contributed by atoms with Gasteiger partial charge < -0.3 is 15.5 Å². The van der Waals surface area contributed by atoms with E-state index in [1.54, 1.807) is 6.07 Å². The number of hydrogen-bond acceptors (Lipinski definition) is 5. The second kappa shape index (κ2) is 9.23. The summed E-state index contributed by atoms with van der Waals surface area (Å²) in [5.41, 5.74) is 3.08. The predicted octanol–water partition coefficient (Wildman–Crippen LogP) is 5.78. The molecule has 0 spiro atoms. The molecule has 1 aliphatic rings. The van der Waals surface area contributed by atoms with E-state index in [2.05, 4.69) is 15.6 Å². The lowest BCUT2D eigenvalue weighted by Gasteiger charge is -2.18. The second-order valence-electron chi connectivity index (χ2n) is 8.30. The maximum Gasteiger partial charge on any atom is 0.257 e. The van der Waals surface area contributed by atoms with Crippen LogP contribution in [0.15, 0.2) is 66.2 Å². The zero-order valence-electron chi connectivity index (χ0n) is 18.5. The molecule has 0 radical (unpaired) electrons. The maximum absolute atomic E-state index is 13.7. The smallest absolute Gasteiger partial charge is 0.257 e. The van der Waals surface area contributed by atoms with Crippen LogP contribution in [0.4, 0.5) is 21.6 Å². The van der Waals surface area contributed by atoms with Crippen molar-refractivity contribution in [1.29, 1.82) is 0 Å². The summed E-state index contributed by atoms with van der Waals surface area (Å²) in [6.45, 7) is 2.41. The molecular formula is C26H23FN4O2S. The fraction of sp³-hybridized carbons (Fsp3) is 0.192. The van der Waals surface area contributed by atoms with E-state index in [1.165, 1.54) is 22.4 Å². The largest absolute Gasteiger partial charge is 0.338 e. The Morgan fingerprint density at radius 3 is 2.71 bits per heavy atom. The Kier molecular flexibility index (Phi) is 5.98. The predicted molar refractivity (Wildman–Crippen MR) is 134 cm³/mol. The fourth-order valence-corrected chi connectivity index (χ4v) is 4.99. The Balaban J connectivity index is 1.49. The number of alkyl halides is 1. The van der Waals surface area contributed by atoms with Gasteiger partial charge in [0.05, 0.1) is 23.4 Å². The van der Waals surface area contributed by atoms with Crippen molar-refractivity contribution < 1.29 is 14.0 Å². The van der Waals surface area contributed by atoms with E-state index in [9.17, 15) is 14.0 Å². The number of benzene rings is 2. The molecule has 5 rings (SSSR count). The van der Waals surface area contributed by atoms with Crippen molar-refractivity contribution in [1.82, 2.24) is 9.88 Å². The lowest BCUT2D eigenvalue weighted by molar-refractivity contribution is 0.0782. The van der Waals surface area contributed by atoms with E-state index in [-0.39, 0.29) is 18.4 Å². The van der Waals surface area contributed by atoms with Crippen LogP contribution in [0.1, 0.15) is 32.7 Å². The Hall–Kier alpha value is -3.78. The number of aryl methyl sites for hydroxylation is 1. The summed E-state index contributed by atoms with van der Waals surface area (Å²) in [5.74, 6) is -0.170. The summed E-state index contributed by atoms with van der Waals surface area (Å²) >= 11 is 1.50. The number of nitrogens with one attached hydrogen (secondary N) is 2. The van der Waals surface area contributed by atoms with Crippen LogP contribution in [0.5, 0.6) is 0 Å². The highest BCUT2D eigenvalue weighted by Gasteiger charge is 2.27. The topological polar surface area (TPSA) is 74.3 Å². The van der Waals surface area contributed by atoms with Gasteiger partial charge in [-0.1, -0.05) is 36.4 Å². The monoisotopic (exact) mass is 474 g/mol. The highest BCUT2D eigenvalue weighted by atomic mass is 32.1. The van der Waals surface area contributed by atoms with Crippen molar-refractivity contribution in [3.8, 4) is 0 Å². The minimum atomic E-state index is -1.01. The summed E-state index contributed by atoms with van der Waals surface area (Å²) < 4.78 is 14.7. The maximum atomic E-state index is 13.7. The molecule has 0 saturated carbocycles. The van der Waals surface area contributed by atoms with Crippen LogP contribution in [0.2, 0.25) is 0 Å². The van der Waals surface area contributed by atoms with E-state index < -0.39 is 6.17 Å². The Morgan fingerprint density at radius 2 is 1.91 bits per heavy atom. The van der Waals surface area contributed by atoms with Crippen LogP contribution in [0.3, 0.4) is 0 Å². The standard InChI is InChI=1S/C26H23FN4O2S/c1-16-6-2-4-8-21(16)29-24-22(12-17(13-28-24)26(33)31-11-10-18(27)14-31)30-25(32)20-15-34-23-9-5-3-7-19(20)23/h2-9,12-13,15,18H,10-11,14H2,1H3,(H,28,29)(H,30,32). The lowest BCUT2D eigenvalue weighted by atomic mass is 10.1. The van der Waals surface area contributed by atoms with Crippen LogP contribution < -0.4 is 10.6 Å². The van der Waals surface area contributed by atoms with E-state index in [1.807, 2.05) is 60.8 Å². The van der Waals surface area contributed by atoms with Crippen LogP contribution in [-0.4, -0.2) is 41.0 Å². The van der Waals surface area contributed by atoms with Gasteiger partial charge in [-0.15, -0.1) is 11.3 Å². The van der Waals surface area contributed by atoms with Gasteiger partial charge in [-0.05, 0) is 37.1 Å². The average molecular weight is 475 g/mol. The third-order valence-electron chi connectivity index (χ3n) is 5.92. The third-order valence-corrected chi connectivity index (χ3v) is 6.89. The van der Waals surface area contributed by atoms with Crippen LogP contribution >= 0.6 is 11.3 Å². The molecule has 3 heterocycles. The molecule has 172 valence electrons. The highest BCUT2D eigenvalue weighted by Crippen LogP contribution is 2.30. The van der Waals surface area contributed by atoms with Crippen LogP contribution in [0, 0.1) is 6.92 Å². The molecule has 0 bridgehead atoms. The minimum Gasteiger partial charge on any atom is -0.338 e. The lowest BCUT2D eigenvalue weighted by Crippen LogP contribution is -2.29. The van der Waals surface area contributed by atoms with Crippen molar-refractivity contribution in [2.24, 2.45) is 0 Å². The molecule has 2 amide bonds. The van der Waals surface area contributed by atoms with Crippen LogP contribution in [-0.2, 0) is 0 Å². The molecule has 1 fully saturated rings. The Bertz CT molecular complexity index is 1390. The second-order valence-corrected chi connectivity index (χ2v) is 9.21. The fourth-order valence-electron chi connectivity index (χ4n) is 4.05. The van der Waals surface area contributed by atoms with E-state index >= 15 is 0 Å². The number of anilines is 3. The van der Waals surface area contributed by atoms with Gasteiger partial charge in [0.1, 0.15) is 6.17 Å². The summed E-state index contributed by atoms with van der Waals surface area (Å²) in [5, 5.41) is 8.89. The first-order chi connectivity index (χ1) is 16.5. The number of carbonyl (C=O) groups is 2. The summed E-state index contributed by atoms with van der Waals surface area (Å²) in [6.07, 6.45) is 0.787. The number of thiophene rings is 1. The van der Waals surface area contributed by atoms with Crippen molar-refractivity contribution in [2.45, 2.75) is 19.5 Å². The zero-order valence-corrected chi connectivity index (χ0v) is 19.4. The summed E-state index contributed by atoms with van der Waals surface area (Å²) in [4.78, 5) is 32.1. The molecular weight excluding hydrogens is 451 g/mol. The molecule has 0 aliphatic carbocycles. The van der Waals surface area contributed by atoms with Gasteiger partial charge in [0.25, 0.3) is 11.8 Å². The summed E-state index contributed by atoms with van der Waals surface area (Å²) in [6, 6.07) is 17.0. The Labute approximate surface area is 200 Å². The summed E-state index contributed by atoms with van der Waals surface area (Å²) in [7, 11) is 0. The van der Waals surface area contributed by atoms with Crippen LogP contribution in [0.25, 0.3) is 10.1 Å². The normalized spacial score (nSPS) is 15.5. The minimum absolute atomic E-state index is 0.0740. The number of halogens is 1. The highest BCUT2D eigenvalue weighted by molar-refractivity contribution is 7.17.